The fourth-order valence-electron chi connectivity index (χ4n) is 2.64. The number of hydrogen-bond donors (Lipinski definition) is 1. The Morgan fingerprint density at radius 3 is 2.45 bits per heavy atom. The first-order chi connectivity index (χ1) is 15.1. The number of aromatic nitrogens is 3. The van der Waals surface area contributed by atoms with E-state index in [9.17, 15) is 13.6 Å². The molecule has 0 unspecified atom stereocenters. The topological polar surface area (TPSA) is 85.3 Å². The molecule has 0 saturated heterocycles. The molecule has 0 aliphatic carbocycles. The molecule has 1 amide bonds. The van der Waals surface area contributed by atoms with Gasteiger partial charge in [-0.2, -0.15) is 5.10 Å². The highest BCUT2D eigenvalue weighted by molar-refractivity contribution is 7.99. The lowest BCUT2D eigenvalue weighted by atomic mass is 10.2. The largest absolute Gasteiger partial charge is 0.461 e. The second kappa shape index (κ2) is 9.35. The molecule has 0 aliphatic heterocycles. The highest BCUT2D eigenvalue weighted by Gasteiger charge is 2.19. The van der Waals surface area contributed by atoms with E-state index < -0.39 is 0 Å². The molecule has 156 valence electrons. The molecule has 2 aromatic carbocycles. The molecule has 0 bridgehead atoms. The van der Waals surface area contributed by atoms with Gasteiger partial charge in [0.05, 0.1) is 23.9 Å². The van der Waals surface area contributed by atoms with Gasteiger partial charge in [-0.05, 0) is 54.1 Å². The second-order valence-electron chi connectivity index (χ2n) is 6.23. The minimum absolute atomic E-state index is 0.0121. The van der Waals surface area contributed by atoms with Crippen molar-refractivity contribution in [3.05, 3.63) is 84.1 Å². The molecule has 4 aromatic rings. The van der Waals surface area contributed by atoms with Crippen LogP contribution in [0.3, 0.4) is 0 Å². The van der Waals surface area contributed by atoms with Crippen LogP contribution in [0, 0.1) is 11.6 Å². The Morgan fingerprint density at radius 1 is 1.06 bits per heavy atom. The summed E-state index contributed by atoms with van der Waals surface area (Å²) >= 11 is 1.14. The molecular formula is C21H15F2N5O2S. The van der Waals surface area contributed by atoms with Gasteiger partial charge in [-0.3, -0.25) is 9.36 Å². The van der Waals surface area contributed by atoms with Gasteiger partial charge >= 0.3 is 0 Å². The molecule has 0 radical (unpaired) electrons. The van der Waals surface area contributed by atoms with Crippen molar-refractivity contribution in [2.24, 2.45) is 5.10 Å². The van der Waals surface area contributed by atoms with Crippen LogP contribution >= 0.6 is 11.8 Å². The van der Waals surface area contributed by atoms with Crippen molar-refractivity contribution in [1.82, 2.24) is 20.2 Å². The molecule has 2 aromatic heterocycles. The average molecular weight is 439 g/mol. The monoisotopic (exact) mass is 439 g/mol. The fourth-order valence-corrected chi connectivity index (χ4v) is 3.39. The summed E-state index contributed by atoms with van der Waals surface area (Å²) in [5.41, 5.74) is 3.67. The number of nitrogens with zero attached hydrogens (tertiary/aromatic N) is 4. The number of hydrogen-bond acceptors (Lipinski definition) is 6. The van der Waals surface area contributed by atoms with Gasteiger partial charge in [-0.15, -0.1) is 10.2 Å². The van der Waals surface area contributed by atoms with Crippen LogP contribution in [0.1, 0.15) is 5.56 Å². The third kappa shape index (κ3) is 5.04. The lowest BCUT2D eigenvalue weighted by Gasteiger charge is -2.09. The van der Waals surface area contributed by atoms with Crippen LogP contribution in [-0.4, -0.2) is 32.6 Å². The summed E-state index contributed by atoms with van der Waals surface area (Å²) in [6.45, 7) is 0. The van der Waals surface area contributed by atoms with Crippen LogP contribution in [0.15, 0.2) is 81.6 Å². The number of benzene rings is 2. The van der Waals surface area contributed by atoms with E-state index in [1.54, 1.807) is 41.0 Å². The normalized spacial score (nSPS) is 11.2. The van der Waals surface area contributed by atoms with Gasteiger partial charge in [0.25, 0.3) is 5.91 Å². The summed E-state index contributed by atoms with van der Waals surface area (Å²) in [5.74, 6) is -0.165. The number of nitrogens with one attached hydrogen (secondary N) is 1. The SMILES string of the molecule is O=C(CSc1nnc(-c2ccco2)n1-c1ccc(F)cc1)NN=Cc1ccc(F)cc1. The van der Waals surface area contributed by atoms with E-state index in [4.69, 9.17) is 4.42 Å². The molecule has 0 fully saturated rings. The van der Waals surface area contributed by atoms with E-state index in [0.29, 0.717) is 28.0 Å². The number of carbonyl (C=O) groups excluding carboxylic acids is 1. The van der Waals surface area contributed by atoms with Crippen molar-refractivity contribution in [3.63, 3.8) is 0 Å². The Hall–Kier alpha value is -3.79. The molecule has 1 N–H and O–H groups in total. The van der Waals surface area contributed by atoms with Crippen molar-refractivity contribution < 1.29 is 18.0 Å². The summed E-state index contributed by atoms with van der Waals surface area (Å²) in [5, 5.41) is 12.6. The maximum Gasteiger partial charge on any atom is 0.250 e. The van der Waals surface area contributed by atoms with Gasteiger partial charge in [0.15, 0.2) is 10.9 Å². The third-order valence-corrected chi connectivity index (χ3v) is 4.99. The molecule has 0 spiro atoms. The van der Waals surface area contributed by atoms with Gasteiger partial charge in [-0.25, -0.2) is 14.2 Å². The number of rotatable bonds is 7. The molecule has 4 rings (SSSR count). The quantitative estimate of drug-likeness (QED) is 0.267. The molecule has 31 heavy (non-hydrogen) atoms. The standard InChI is InChI=1S/C21H15F2N5O2S/c22-15-5-3-14(4-6-15)12-24-25-19(29)13-31-21-27-26-20(18-2-1-11-30-18)28(21)17-9-7-16(23)8-10-17/h1-12H,13H2,(H,25,29). The molecule has 0 saturated carbocycles. The van der Waals surface area contributed by atoms with Gasteiger partial charge in [0, 0.05) is 0 Å². The van der Waals surface area contributed by atoms with Crippen molar-refractivity contribution in [2.45, 2.75) is 5.16 Å². The maximum atomic E-state index is 13.4. The first kappa shape index (κ1) is 20.5. The lowest BCUT2D eigenvalue weighted by Crippen LogP contribution is -2.20. The van der Waals surface area contributed by atoms with Crippen LogP contribution in [0.5, 0.6) is 0 Å². The first-order valence-electron chi connectivity index (χ1n) is 9.05. The number of hydrazone groups is 1. The summed E-state index contributed by atoms with van der Waals surface area (Å²) in [7, 11) is 0. The minimum atomic E-state index is -0.371. The molecule has 0 atom stereocenters. The number of thioether (sulfide) groups is 1. The molecular weight excluding hydrogens is 424 g/mol. The highest BCUT2D eigenvalue weighted by atomic mass is 32.2. The molecule has 7 nitrogen and oxygen atoms in total. The summed E-state index contributed by atoms with van der Waals surface area (Å²) < 4.78 is 33.4. The summed E-state index contributed by atoms with van der Waals surface area (Å²) in [6, 6.07) is 15.0. The number of halogens is 2. The van der Waals surface area contributed by atoms with E-state index in [-0.39, 0.29) is 23.3 Å². The number of carbonyl (C=O) groups is 1. The maximum absolute atomic E-state index is 13.4. The Kier molecular flexibility index (Phi) is 6.18. The first-order valence-corrected chi connectivity index (χ1v) is 10.0. The average Bonchev–Trinajstić information content (AvgIpc) is 3.44. The Balaban J connectivity index is 1.47. The van der Waals surface area contributed by atoms with E-state index in [1.807, 2.05) is 0 Å². The zero-order valence-electron chi connectivity index (χ0n) is 15.9. The summed E-state index contributed by atoms with van der Waals surface area (Å²) in [6.07, 6.45) is 2.93. The van der Waals surface area contributed by atoms with Crippen LogP contribution in [0.4, 0.5) is 8.78 Å². The molecule has 0 aliphatic rings. The van der Waals surface area contributed by atoms with Gasteiger partial charge in [0.1, 0.15) is 11.6 Å². The van der Waals surface area contributed by atoms with Gasteiger partial charge in [-0.1, -0.05) is 23.9 Å². The Labute approximate surface area is 179 Å². The van der Waals surface area contributed by atoms with E-state index in [0.717, 1.165) is 11.8 Å². The van der Waals surface area contributed by atoms with Gasteiger partial charge < -0.3 is 4.42 Å². The Morgan fingerprint density at radius 2 is 1.77 bits per heavy atom. The van der Waals surface area contributed by atoms with Crippen LogP contribution in [0.25, 0.3) is 17.3 Å². The predicted molar refractivity (Wildman–Crippen MR) is 112 cm³/mol. The van der Waals surface area contributed by atoms with Crippen LogP contribution in [0.2, 0.25) is 0 Å². The molecule has 2 heterocycles. The van der Waals surface area contributed by atoms with E-state index in [2.05, 4.69) is 20.7 Å². The lowest BCUT2D eigenvalue weighted by molar-refractivity contribution is -0.118. The molecule has 10 heteroatoms. The predicted octanol–water partition coefficient (Wildman–Crippen LogP) is 4.05. The van der Waals surface area contributed by atoms with Crippen molar-refractivity contribution in [2.75, 3.05) is 5.75 Å². The zero-order valence-corrected chi connectivity index (χ0v) is 16.7. The zero-order chi connectivity index (χ0) is 21.6. The summed E-state index contributed by atoms with van der Waals surface area (Å²) in [4.78, 5) is 12.2. The number of amides is 1. The van der Waals surface area contributed by atoms with Crippen LogP contribution in [-0.2, 0) is 4.79 Å². The third-order valence-electron chi connectivity index (χ3n) is 4.06. The van der Waals surface area contributed by atoms with E-state index in [1.165, 1.54) is 36.7 Å². The number of furan rings is 1. The van der Waals surface area contributed by atoms with Gasteiger partial charge in [0.2, 0.25) is 5.82 Å². The smallest absolute Gasteiger partial charge is 0.250 e. The van der Waals surface area contributed by atoms with Crippen molar-refractivity contribution in [3.8, 4) is 17.3 Å². The Bertz CT molecular complexity index is 1190. The van der Waals surface area contributed by atoms with E-state index >= 15 is 0 Å². The van der Waals surface area contributed by atoms with Crippen LogP contribution < -0.4 is 5.43 Å². The fraction of sp³-hybridized carbons (Fsp3) is 0.0476. The minimum Gasteiger partial charge on any atom is -0.461 e. The van der Waals surface area contributed by atoms with Crippen molar-refractivity contribution >= 4 is 23.9 Å². The highest BCUT2D eigenvalue weighted by Crippen LogP contribution is 2.28. The second-order valence-corrected chi connectivity index (χ2v) is 7.17. The van der Waals surface area contributed by atoms with Crippen molar-refractivity contribution in [1.29, 1.82) is 0 Å².